The Morgan fingerprint density at radius 3 is 2.68 bits per heavy atom. The number of fused-ring (bicyclic) bond motifs is 1. The Bertz CT molecular complexity index is 898. The summed E-state index contributed by atoms with van der Waals surface area (Å²) in [5, 5.41) is 0.825. The summed E-state index contributed by atoms with van der Waals surface area (Å²) in [5.41, 5.74) is 3.52. The topological polar surface area (TPSA) is 43.6 Å². The molecule has 1 saturated carbocycles. The van der Waals surface area contributed by atoms with Crippen LogP contribution in [0, 0.1) is 11.8 Å². The number of nitrogens with zero attached hydrogens (tertiary/aromatic N) is 4. The van der Waals surface area contributed by atoms with Crippen molar-refractivity contribution in [1.82, 2.24) is 19.5 Å². The molecule has 0 aromatic carbocycles. The molecule has 25 heavy (non-hydrogen) atoms. The molecule has 0 unspecified atom stereocenters. The van der Waals surface area contributed by atoms with E-state index in [0.29, 0.717) is 10.9 Å². The number of halogens is 2. The van der Waals surface area contributed by atoms with Gasteiger partial charge >= 0.3 is 0 Å². The maximum Gasteiger partial charge on any atom is 0.223 e. The van der Waals surface area contributed by atoms with Gasteiger partial charge in [-0.2, -0.15) is 0 Å². The van der Waals surface area contributed by atoms with Crippen molar-refractivity contribution in [3.05, 3.63) is 41.0 Å². The Kier molecular flexibility index (Phi) is 4.65. The summed E-state index contributed by atoms with van der Waals surface area (Å²) in [6.07, 6.45) is 10.7. The lowest BCUT2D eigenvalue weighted by atomic mass is 9.83. The fraction of sp³-hybridized carbons (Fsp3) is 0.421. The second-order valence-electron chi connectivity index (χ2n) is 7.06. The third kappa shape index (κ3) is 3.51. The van der Waals surface area contributed by atoms with Gasteiger partial charge in [-0.05, 0) is 48.4 Å². The molecule has 130 valence electrons. The van der Waals surface area contributed by atoms with Crippen LogP contribution < -0.4 is 0 Å². The molecule has 4 rings (SSSR count). The second kappa shape index (κ2) is 6.93. The molecule has 0 saturated heterocycles. The average molecular weight is 375 g/mol. The Balaban J connectivity index is 1.76. The molecular formula is C19H20Cl2N4. The maximum atomic E-state index is 6.15. The van der Waals surface area contributed by atoms with Gasteiger partial charge in [-0.25, -0.2) is 9.97 Å². The maximum absolute atomic E-state index is 6.15. The standard InChI is InChI=1S/C19H20Cl2N4/c1-12-2-4-13(5-3-12)11-25-7-6-16-18(25)17(24-19(21)23-16)14-8-15(20)10-22-9-14/h6-10,12-13H,2-5,11H2,1H3/t12-,13-. The smallest absolute Gasteiger partial charge is 0.223 e. The summed E-state index contributed by atoms with van der Waals surface area (Å²) in [6, 6.07) is 3.88. The van der Waals surface area contributed by atoms with Gasteiger partial charge in [0.15, 0.2) is 0 Å². The number of pyridine rings is 1. The highest BCUT2D eigenvalue weighted by atomic mass is 35.5. The molecule has 1 fully saturated rings. The monoisotopic (exact) mass is 374 g/mol. The van der Waals surface area contributed by atoms with Gasteiger partial charge in [-0.1, -0.05) is 31.4 Å². The zero-order valence-corrected chi connectivity index (χ0v) is 15.6. The van der Waals surface area contributed by atoms with Crippen molar-refractivity contribution >= 4 is 34.2 Å². The summed E-state index contributed by atoms with van der Waals surface area (Å²) in [5.74, 6) is 1.56. The Hall–Kier alpha value is -1.65. The second-order valence-corrected chi connectivity index (χ2v) is 7.84. The molecule has 0 radical (unpaired) electrons. The Morgan fingerprint density at radius 2 is 1.92 bits per heavy atom. The van der Waals surface area contributed by atoms with E-state index in [1.807, 2.05) is 12.1 Å². The molecule has 0 aliphatic heterocycles. The van der Waals surface area contributed by atoms with E-state index in [-0.39, 0.29) is 5.28 Å². The summed E-state index contributed by atoms with van der Waals surface area (Å²) < 4.78 is 2.27. The normalized spacial score (nSPS) is 20.9. The van der Waals surface area contributed by atoms with Crippen molar-refractivity contribution in [2.45, 2.75) is 39.2 Å². The third-order valence-electron chi connectivity index (χ3n) is 5.15. The van der Waals surface area contributed by atoms with Crippen LogP contribution in [0.4, 0.5) is 0 Å². The van der Waals surface area contributed by atoms with Gasteiger partial charge in [0.05, 0.1) is 16.1 Å². The lowest BCUT2D eigenvalue weighted by Gasteiger charge is -2.26. The molecule has 0 amide bonds. The molecule has 1 aliphatic carbocycles. The molecule has 1 aliphatic rings. The summed E-state index contributed by atoms with van der Waals surface area (Å²) in [6.45, 7) is 3.34. The molecule has 0 atom stereocenters. The van der Waals surface area contributed by atoms with Gasteiger partial charge in [-0.3, -0.25) is 4.98 Å². The van der Waals surface area contributed by atoms with Gasteiger partial charge in [0.25, 0.3) is 0 Å². The van der Waals surface area contributed by atoms with E-state index >= 15 is 0 Å². The van der Waals surface area contributed by atoms with Crippen LogP contribution in [-0.2, 0) is 6.54 Å². The zero-order valence-electron chi connectivity index (χ0n) is 14.1. The first-order chi connectivity index (χ1) is 12.1. The zero-order chi connectivity index (χ0) is 17.4. The van der Waals surface area contributed by atoms with Crippen molar-refractivity contribution in [3.63, 3.8) is 0 Å². The molecule has 0 spiro atoms. The van der Waals surface area contributed by atoms with Gasteiger partial charge < -0.3 is 4.57 Å². The van der Waals surface area contributed by atoms with Gasteiger partial charge in [0.2, 0.25) is 5.28 Å². The Morgan fingerprint density at radius 1 is 1.12 bits per heavy atom. The van der Waals surface area contributed by atoms with Gasteiger partial charge in [0.1, 0.15) is 5.69 Å². The average Bonchev–Trinajstić information content (AvgIpc) is 2.99. The largest absolute Gasteiger partial charge is 0.344 e. The predicted octanol–water partition coefficient (Wildman–Crippen LogP) is 5.63. The molecule has 3 heterocycles. The van der Waals surface area contributed by atoms with E-state index in [4.69, 9.17) is 23.2 Å². The van der Waals surface area contributed by atoms with Crippen LogP contribution in [0.15, 0.2) is 30.7 Å². The fourth-order valence-electron chi connectivity index (χ4n) is 3.76. The van der Waals surface area contributed by atoms with Crippen LogP contribution in [0.3, 0.4) is 0 Å². The van der Waals surface area contributed by atoms with Crippen molar-refractivity contribution < 1.29 is 0 Å². The first-order valence-corrected chi connectivity index (χ1v) is 9.49. The SMILES string of the molecule is C[C@H]1CC[C@H](Cn2ccc3nc(Cl)nc(-c4cncc(Cl)c4)c32)CC1. The molecular weight excluding hydrogens is 355 g/mol. The molecule has 0 N–H and O–H groups in total. The van der Waals surface area contributed by atoms with Crippen molar-refractivity contribution in [1.29, 1.82) is 0 Å². The quantitative estimate of drug-likeness (QED) is 0.558. The summed E-state index contributed by atoms with van der Waals surface area (Å²) >= 11 is 12.3. The molecule has 0 bridgehead atoms. The Labute approximate surface area is 157 Å². The summed E-state index contributed by atoms with van der Waals surface area (Å²) in [4.78, 5) is 13.1. The van der Waals surface area contributed by atoms with Crippen LogP contribution in [0.2, 0.25) is 10.3 Å². The van der Waals surface area contributed by atoms with E-state index in [2.05, 4.69) is 32.6 Å². The van der Waals surface area contributed by atoms with Crippen molar-refractivity contribution in [2.24, 2.45) is 11.8 Å². The van der Waals surface area contributed by atoms with Crippen molar-refractivity contribution in [2.75, 3.05) is 0 Å². The van der Waals surface area contributed by atoms with E-state index < -0.39 is 0 Å². The first-order valence-electron chi connectivity index (χ1n) is 8.73. The predicted molar refractivity (Wildman–Crippen MR) is 102 cm³/mol. The molecule has 3 aromatic heterocycles. The van der Waals surface area contributed by atoms with Crippen LogP contribution in [0.25, 0.3) is 22.3 Å². The van der Waals surface area contributed by atoms with Crippen LogP contribution in [-0.4, -0.2) is 19.5 Å². The van der Waals surface area contributed by atoms with Crippen LogP contribution in [0.1, 0.15) is 32.6 Å². The van der Waals surface area contributed by atoms with E-state index in [0.717, 1.165) is 34.8 Å². The molecule has 4 nitrogen and oxygen atoms in total. The van der Waals surface area contributed by atoms with Gasteiger partial charge in [-0.15, -0.1) is 0 Å². The minimum atomic E-state index is 0.242. The highest BCUT2D eigenvalue weighted by Gasteiger charge is 2.21. The summed E-state index contributed by atoms with van der Waals surface area (Å²) in [7, 11) is 0. The van der Waals surface area contributed by atoms with Gasteiger partial charge in [0, 0.05) is 30.7 Å². The first kappa shape index (κ1) is 16.8. The van der Waals surface area contributed by atoms with Crippen LogP contribution in [0.5, 0.6) is 0 Å². The number of aromatic nitrogens is 4. The van der Waals surface area contributed by atoms with Crippen LogP contribution >= 0.6 is 23.2 Å². The highest BCUT2D eigenvalue weighted by molar-refractivity contribution is 6.30. The van der Waals surface area contributed by atoms with E-state index in [1.165, 1.54) is 25.7 Å². The van der Waals surface area contributed by atoms with E-state index in [1.54, 1.807) is 12.4 Å². The molecule has 6 heteroatoms. The van der Waals surface area contributed by atoms with E-state index in [9.17, 15) is 0 Å². The number of hydrogen-bond acceptors (Lipinski definition) is 3. The lowest BCUT2D eigenvalue weighted by Crippen LogP contribution is -2.17. The minimum Gasteiger partial charge on any atom is -0.344 e. The number of rotatable bonds is 3. The van der Waals surface area contributed by atoms with Crippen molar-refractivity contribution in [3.8, 4) is 11.3 Å². The third-order valence-corrected chi connectivity index (χ3v) is 5.53. The minimum absolute atomic E-state index is 0.242. The number of hydrogen-bond donors (Lipinski definition) is 0. The lowest BCUT2D eigenvalue weighted by molar-refractivity contribution is 0.267. The fourth-order valence-corrected chi connectivity index (χ4v) is 4.11. The highest BCUT2D eigenvalue weighted by Crippen LogP contribution is 2.33. The molecule has 3 aromatic rings.